The van der Waals surface area contributed by atoms with E-state index in [2.05, 4.69) is 22.0 Å². The minimum absolute atomic E-state index is 0.0569. The van der Waals surface area contributed by atoms with Crippen LogP contribution in [-0.2, 0) is 4.79 Å². The number of carbonyl (C=O) groups is 1. The number of halogens is 1. The third-order valence-electron chi connectivity index (χ3n) is 1.20. The first-order valence-electron chi connectivity index (χ1n) is 3.80. The van der Waals surface area contributed by atoms with Crippen molar-refractivity contribution in [2.75, 3.05) is 5.75 Å². The fraction of sp³-hybridized carbons (Fsp3) is 0.222. The molecule has 5 heteroatoms. The van der Waals surface area contributed by atoms with Crippen LogP contribution in [0, 0.1) is 11.8 Å². The monoisotopic (exact) mass is 226 g/mol. The quantitative estimate of drug-likeness (QED) is 0.685. The second-order valence-corrected chi connectivity index (χ2v) is 3.86. The summed E-state index contributed by atoms with van der Waals surface area (Å²) in [5, 5.41) is 7.78. The molecule has 0 atom stereocenters. The molecule has 0 amide bonds. The van der Waals surface area contributed by atoms with E-state index in [1.807, 2.05) is 0 Å². The maximum absolute atomic E-state index is 10.5. The first-order chi connectivity index (χ1) is 6.68. The van der Waals surface area contributed by atoms with E-state index in [9.17, 15) is 4.79 Å². The van der Waals surface area contributed by atoms with Crippen LogP contribution in [0.4, 0.5) is 0 Å². The molecule has 0 unspecified atom stereocenters. The Morgan fingerprint density at radius 2 is 2.36 bits per heavy atom. The van der Waals surface area contributed by atoms with Gasteiger partial charge in [0.2, 0.25) is 0 Å². The number of hydrogen-bond acceptors (Lipinski definition) is 4. The van der Waals surface area contributed by atoms with Gasteiger partial charge in [-0.15, -0.1) is 10.2 Å². The molecule has 0 radical (unpaired) electrons. The van der Waals surface area contributed by atoms with Gasteiger partial charge in [0.25, 0.3) is 0 Å². The van der Waals surface area contributed by atoms with Crippen molar-refractivity contribution >= 4 is 28.5 Å². The van der Waals surface area contributed by atoms with Crippen LogP contribution in [0.15, 0.2) is 12.1 Å². The third kappa shape index (κ3) is 4.26. The molecule has 0 spiro atoms. The standard InChI is InChI=1S/C9H7ClN2OS/c1-7(13)14-6-2-3-8-4-5-9(10)12-11-8/h4-5H,6H2,1H3. The lowest BCUT2D eigenvalue weighted by molar-refractivity contribution is -0.109. The van der Waals surface area contributed by atoms with E-state index in [0.717, 1.165) is 0 Å². The summed E-state index contributed by atoms with van der Waals surface area (Å²) in [6, 6.07) is 3.30. The third-order valence-corrected chi connectivity index (χ3v) is 2.09. The van der Waals surface area contributed by atoms with Gasteiger partial charge in [0.05, 0.1) is 5.75 Å². The topological polar surface area (TPSA) is 42.9 Å². The number of nitrogens with zero attached hydrogens (tertiary/aromatic N) is 2. The van der Waals surface area contributed by atoms with E-state index in [1.165, 1.54) is 18.7 Å². The molecule has 1 heterocycles. The number of rotatable bonds is 1. The van der Waals surface area contributed by atoms with Crippen molar-refractivity contribution in [2.45, 2.75) is 6.92 Å². The van der Waals surface area contributed by atoms with E-state index < -0.39 is 0 Å². The molecule has 0 aliphatic rings. The van der Waals surface area contributed by atoms with Gasteiger partial charge in [-0.2, -0.15) is 0 Å². The number of hydrogen-bond donors (Lipinski definition) is 0. The summed E-state index contributed by atoms with van der Waals surface area (Å²) < 4.78 is 0. The summed E-state index contributed by atoms with van der Waals surface area (Å²) >= 11 is 6.71. The molecule has 0 bridgehead atoms. The molecule has 72 valence electrons. The second-order valence-electron chi connectivity index (χ2n) is 2.32. The lowest BCUT2D eigenvalue weighted by Crippen LogP contribution is -1.87. The van der Waals surface area contributed by atoms with Gasteiger partial charge in [0.1, 0.15) is 5.69 Å². The molecule has 1 aromatic heterocycles. The van der Waals surface area contributed by atoms with Crippen LogP contribution >= 0.6 is 23.4 Å². The number of thioether (sulfide) groups is 1. The van der Waals surface area contributed by atoms with Crippen LogP contribution in [-0.4, -0.2) is 21.1 Å². The Hall–Kier alpha value is -1.05. The minimum Gasteiger partial charge on any atom is -0.288 e. The average molecular weight is 227 g/mol. The zero-order valence-electron chi connectivity index (χ0n) is 7.45. The minimum atomic E-state index is 0.0569. The Labute approximate surface area is 91.3 Å². The average Bonchev–Trinajstić information content (AvgIpc) is 2.15. The van der Waals surface area contributed by atoms with Crippen LogP contribution in [0.3, 0.4) is 0 Å². The Kier molecular flexibility index (Phi) is 4.44. The zero-order chi connectivity index (χ0) is 10.4. The van der Waals surface area contributed by atoms with Crippen molar-refractivity contribution in [2.24, 2.45) is 0 Å². The molecule has 0 saturated carbocycles. The molecule has 1 aromatic rings. The van der Waals surface area contributed by atoms with Gasteiger partial charge in [-0.25, -0.2) is 0 Å². The van der Waals surface area contributed by atoms with Gasteiger partial charge in [-0.3, -0.25) is 4.79 Å². The summed E-state index contributed by atoms with van der Waals surface area (Å²) in [4.78, 5) is 10.5. The van der Waals surface area contributed by atoms with Gasteiger partial charge < -0.3 is 0 Å². The summed E-state index contributed by atoms with van der Waals surface area (Å²) in [7, 11) is 0. The van der Waals surface area contributed by atoms with E-state index in [-0.39, 0.29) is 5.12 Å². The highest BCUT2D eigenvalue weighted by atomic mass is 35.5. The summed E-state index contributed by atoms with van der Waals surface area (Å²) in [6.45, 7) is 1.51. The molecule has 0 aromatic carbocycles. The fourth-order valence-electron chi connectivity index (χ4n) is 0.647. The van der Waals surface area contributed by atoms with Crippen molar-refractivity contribution < 1.29 is 4.79 Å². The summed E-state index contributed by atoms with van der Waals surface area (Å²) in [6.07, 6.45) is 0. The van der Waals surface area contributed by atoms with E-state index >= 15 is 0 Å². The van der Waals surface area contributed by atoms with Crippen molar-refractivity contribution in [1.29, 1.82) is 0 Å². The molecule has 1 rings (SSSR count). The Morgan fingerprint density at radius 1 is 1.57 bits per heavy atom. The maximum Gasteiger partial charge on any atom is 0.186 e. The lowest BCUT2D eigenvalue weighted by atomic mass is 10.4. The highest BCUT2D eigenvalue weighted by Crippen LogP contribution is 2.01. The zero-order valence-corrected chi connectivity index (χ0v) is 9.02. The summed E-state index contributed by atoms with van der Waals surface area (Å²) in [5.74, 6) is 6.04. The highest BCUT2D eigenvalue weighted by Gasteiger charge is 1.91. The first-order valence-corrected chi connectivity index (χ1v) is 5.16. The molecular formula is C9H7ClN2OS. The van der Waals surface area contributed by atoms with Crippen LogP contribution < -0.4 is 0 Å². The molecule has 0 fully saturated rings. The smallest absolute Gasteiger partial charge is 0.186 e. The number of carbonyl (C=O) groups excluding carboxylic acids is 1. The Morgan fingerprint density at radius 3 is 2.93 bits per heavy atom. The SMILES string of the molecule is CC(=O)SCC#Cc1ccc(Cl)nn1. The van der Waals surface area contributed by atoms with Gasteiger partial charge >= 0.3 is 0 Å². The fourth-order valence-corrected chi connectivity index (χ4v) is 1.10. The predicted octanol–water partition coefficient (Wildman–Crippen LogP) is 1.76. The Balaban J connectivity index is 2.51. The van der Waals surface area contributed by atoms with Crippen LogP contribution in [0.25, 0.3) is 0 Å². The molecule has 3 nitrogen and oxygen atoms in total. The van der Waals surface area contributed by atoms with Crippen LogP contribution in [0.2, 0.25) is 5.15 Å². The molecule has 0 N–H and O–H groups in total. The first kappa shape index (κ1) is 11.0. The van der Waals surface area contributed by atoms with Gasteiger partial charge in [-0.1, -0.05) is 29.3 Å². The van der Waals surface area contributed by atoms with Gasteiger partial charge in [-0.05, 0) is 18.1 Å². The second kappa shape index (κ2) is 5.63. The largest absolute Gasteiger partial charge is 0.288 e. The van der Waals surface area contributed by atoms with Crippen molar-refractivity contribution in [3.05, 3.63) is 23.0 Å². The molecular weight excluding hydrogens is 220 g/mol. The summed E-state index contributed by atoms with van der Waals surface area (Å²) in [5.41, 5.74) is 0.554. The maximum atomic E-state index is 10.5. The molecule has 0 saturated heterocycles. The molecule has 14 heavy (non-hydrogen) atoms. The van der Waals surface area contributed by atoms with Gasteiger partial charge in [0.15, 0.2) is 10.3 Å². The van der Waals surface area contributed by atoms with Crippen molar-refractivity contribution in [3.8, 4) is 11.8 Å². The molecule has 0 aliphatic carbocycles. The van der Waals surface area contributed by atoms with Crippen LogP contribution in [0.5, 0.6) is 0 Å². The van der Waals surface area contributed by atoms with Crippen molar-refractivity contribution in [1.82, 2.24) is 10.2 Å². The normalized spacial score (nSPS) is 9.00. The predicted molar refractivity (Wildman–Crippen MR) is 57.1 cm³/mol. The van der Waals surface area contributed by atoms with E-state index in [1.54, 1.807) is 12.1 Å². The van der Waals surface area contributed by atoms with Gasteiger partial charge in [0, 0.05) is 6.92 Å². The number of aromatic nitrogens is 2. The van der Waals surface area contributed by atoms with E-state index in [0.29, 0.717) is 16.6 Å². The lowest BCUT2D eigenvalue weighted by Gasteiger charge is -1.88. The van der Waals surface area contributed by atoms with E-state index in [4.69, 9.17) is 11.6 Å². The van der Waals surface area contributed by atoms with Crippen LogP contribution in [0.1, 0.15) is 12.6 Å². The highest BCUT2D eigenvalue weighted by molar-refractivity contribution is 8.13. The van der Waals surface area contributed by atoms with Crippen molar-refractivity contribution in [3.63, 3.8) is 0 Å². The Bertz CT molecular complexity index is 380. The molecule has 0 aliphatic heterocycles.